The van der Waals surface area contributed by atoms with Crippen LogP contribution in [0.25, 0.3) is 10.9 Å². The first-order chi connectivity index (χ1) is 11.3. The van der Waals surface area contributed by atoms with Gasteiger partial charge in [-0.05, 0) is 51.5 Å². The molecule has 0 saturated heterocycles. The first-order valence-corrected chi connectivity index (χ1v) is 7.95. The number of hydrogen-bond acceptors (Lipinski definition) is 3. The Bertz CT molecular complexity index is 903. The molecule has 1 atom stereocenters. The normalized spacial score (nSPS) is 13.9. The SMILES string of the molecule is Cc1ccc(C(C)(O)CNC(=O)c2cccc3c(C)c(C)[nH]c23)o1. The number of amides is 1. The summed E-state index contributed by atoms with van der Waals surface area (Å²) >= 11 is 0. The van der Waals surface area contributed by atoms with Gasteiger partial charge in [-0.15, -0.1) is 0 Å². The van der Waals surface area contributed by atoms with Gasteiger partial charge in [0.15, 0.2) is 0 Å². The highest BCUT2D eigenvalue weighted by atomic mass is 16.4. The summed E-state index contributed by atoms with van der Waals surface area (Å²) in [5.41, 5.74) is 2.30. The lowest BCUT2D eigenvalue weighted by molar-refractivity contribution is 0.0323. The number of rotatable bonds is 4. The Morgan fingerprint density at radius 3 is 2.67 bits per heavy atom. The van der Waals surface area contributed by atoms with Gasteiger partial charge < -0.3 is 19.8 Å². The van der Waals surface area contributed by atoms with Crippen LogP contribution in [0.2, 0.25) is 0 Å². The number of aromatic nitrogens is 1. The summed E-state index contributed by atoms with van der Waals surface area (Å²) in [6, 6.07) is 9.15. The zero-order chi connectivity index (χ0) is 17.5. The van der Waals surface area contributed by atoms with Crippen molar-refractivity contribution in [3.63, 3.8) is 0 Å². The molecule has 2 aromatic heterocycles. The molecule has 0 aliphatic rings. The van der Waals surface area contributed by atoms with E-state index in [2.05, 4.69) is 10.3 Å². The van der Waals surface area contributed by atoms with Crippen LogP contribution in [0.1, 0.15) is 40.1 Å². The predicted molar refractivity (Wildman–Crippen MR) is 93.1 cm³/mol. The average molecular weight is 326 g/mol. The smallest absolute Gasteiger partial charge is 0.253 e. The van der Waals surface area contributed by atoms with E-state index in [1.165, 1.54) is 0 Å². The molecular weight excluding hydrogens is 304 g/mol. The van der Waals surface area contributed by atoms with Gasteiger partial charge in [0.25, 0.3) is 5.91 Å². The second-order valence-corrected chi connectivity index (χ2v) is 6.47. The third-order valence-corrected chi connectivity index (χ3v) is 4.45. The quantitative estimate of drug-likeness (QED) is 0.688. The number of para-hydroxylation sites is 1. The maximum absolute atomic E-state index is 12.6. The molecule has 1 amide bonds. The van der Waals surface area contributed by atoms with E-state index < -0.39 is 5.60 Å². The molecule has 1 unspecified atom stereocenters. The van der Waals surface area contributed by atoms with E-state index in [9.17, 15) is 9.90 Å². The van der Waals surface area contributed by atoms with Gasteiger partial charge in [0.1, 0.15) is 17.1 Å². The zero-order valence-electron chi connectivity index (χ0n) is 14.4. The second kappa shape index (κ2) is 5.83. The highest BCUT2D eigenvalue weighted by molar-refractivity contribution is 6.06. The Balaban J connectivity index is 1.82. The summed E-state index contributed by atoms with van der Waals surface area (Å²) in [4.78, 5) is 15.9. The van der Waals surface area contributed by atoms with E-state index in [4.69, 9.17) is 4.42 Å². The highest BCUT2D eigenvalue weighted by Crippen LogP contribution is 2.25. The van der Waals surface area contributed by atoms with E-state index >= 15 is 0 Å². The number of benzene rings is 1. The third-order valence-electron chi connectivity index (χ3n) is 4.45. The Labute approximate surface area is 140 Å². The Kier molecular flexibility index (Phi) is 3.97. The summed E-state index contributed by atoms with van der Waals surface area (Å²) in [7, 11) is 0. The van der Waals surface area contributed by atoms with Crippen LogP contribution in [0, 0.1) is 20.8 Å². The molecule has 2 heterocycles. The van der Waals surface area contributed by atoms with Crippen LogP contribution in [0.3, 0.4) is 0 Å². The van der Waals surface area contributed by atoms with Gasteiger partial charge >= 0.3 is 0 Å². The minimum Gasteiger partial charge on any atom is -0.463 e. The third kappa shape index (κ3) is 2.83. The van der Waals surface area contributed by atoms with Crippen molar-refractivity contribution in [2.24, 2.45) is 0 Å². The maximum Gasteiger partial charge on any atom is 0.253 e. The number of fused-ring (bicyclic) bond motifs is 1. The monoisotopic (exact) mass is 326 g/mol. The first kappa shape index (κ1) is 16.3. The van der Waals surface area contributed by atoms with Crippen molar-refractivity contribution >= 4 is 16.8 Å². The number of carbonyl (C=O) groups excluding carboxylic acids is 1. The Morgan fingerprint density at radius 1 is 1.25 bits per heavy atom. The Hall–Kier alpha value is -2.53. The van der Waals surface area contributed by atoms with Crippen LogP contribution in [-0.2, 0) is 5.60 Å². The molecule has 5 heteroatoms. The molecule has 3 rings (SSSR count). The molecule has 0 saturated carbocycles. The number of furan rings is 1. The fourth-order valence-electron chi connectivity index (χ4n) is 2.83. The maximum atomic E-state index is 12.6. The van der Waals surface area contributed by atoms with Crippen LogP contribution in [0.15, 0.2) is 34.7 Å². The number of aryl methyl sites for hydroxylation is 3. The molecule has 5 nitrogen and oxygen atoms in total. The van der Waals surface area contributed by atoms with Crippen molar-refractivity contribution in [3.8, 4) is 0 Å². The molecule has 0 bridgehead atoms. The standard InChI is InChI=1S/C19H22N2O3/c1-11-8-9-16(24-11)19(4,23)10-20-18(22)15-7-5-6-14-12(2)13(3)21-17(14)15/h5-9,21,23H,10H2,1-4H3,(H,20,22). The molecule has 0 aliphatic heterocycles. The topological polar surface area (TPSA) is 78.3 Å². The average Bonchev–Trinajstić information content (AvgIpc) is 3.10. The minimum atomic E-state index is -1.26. The van der Waals surface area contributed by atoms with Gasteiger partial charge in [0.2, 0.25) is 0 Å². The van der Waals surface area contributed by atoms with Gasteiger partial charge in [-0.2, -0.15) is 0 Å². The summed E-state index contributed by atoms with van der Waals surface area (Å²) in [5, 5.41) is 14.4. The van der Waals surface area contributed by atoms with E-state index in [-0.39, 0.29) is 12.5 Å². The van der Waals surface area contributed by atoms with Gasteiger partial charge in [-0.25, -0.2) is 0 Å². The van der Waals surface area contributed by atoms with Crippen molar-refractivity contribution in [2.45, 2.75) is 33.3 Å². The van der Waals surface area contributed by atoms with Crippen LogP contribution in [0.5, 0.6) is 0 Å². The Morgan fingerprint density at radius 2 is 2.00 bits per heavy atom. The fourth-order valence-corrected chi connectivity index (χ4v) is 2.83. The molecule has 3 aromatic rings. The largest absolute Gasteiger partial charge is 0.463 e. The summed E-state index contributed by atoms with van der Waals surface area (Å²) in [6.45, 7) is 7.51. The van der Waals surface area contributed by atoms with Crippen molar-refractivity contribution < 1.29 is 14.3 Å². The van der Waals surface area contributed by atoms with Crippen LogP contribution >= 0.6 is 0 Å². The molecule has 24 heavy (non-hydrogen) atoms. The summed E-state index contributed by atoms with van der Waals surface area (Å²) in [5.74, 6) is 0.925. The van der Waals surface area contributed by atoms with Gasteiger partial charge in [-0.3, -0.25) is 4.79 Å². The highest BCUT2D eigenvalue weighted by Gasteiger charge is 2.28. The van der Waals surface area contributed by atoms with E-state index in [0.717, 1.165) is 27.9 Å². The number of H-pyrrole nitrogens is 1. The first-order valence-electron chi connectivity index (χ1n) is 7.95. The van der Waals surface area contributed by atoms with E-state index in [1.807, 2.05) is 32.9 Å². The van der Waals surface area contributed by atoms with Crippen LogP contribution in [0.4, 0.5) is 0 Å². The molecule has 1 aromatic carbocycles. The van der Waals surface area contributed by atoms with Gasteiger partial charge in [0, 0.05) is 11.1 Å². The molecule has 3 N–H and O–H groups in total. The number of aromatic amines is 1. The van der Waals surface area contributed by atoms with Crippen molar-refractivity contribution in [1.29, 1.82) is 0 Å². The lowest BCUT2D eigenvalue weighted by atomic mass is 10.0. The summed E-state index contributed by atoms with van der Waals surface area (Å²) < 4.78 is 5.47. The lowest BCUT2D eigenvalue weighted by Crippen LogP contribution is -2.38. The fraction of sp³-hybridized carbons (Fsp3) is 0.316. The predicted octanol–water partition coefficient (Wildman–Crippen LogP) is 3.32. The molecule has 0 aliphatic carbocycles. The molecular formula is C19H22N2O3. The number of carbonyl (C=O) groups is 1. The molecule has 126 valence electrons. The minimum absolute atomic E-state index is 0.0633. The lowest BCUT2D eigenvalue weighted by Gasteiger charge is -2.21. The van der Waals surface area contributed by atoms with Crippen LogP contribution < -0.4 is 5.32 Å². The van der Waals surface area contributed by atoms with E-state index in [1.54, 1.807) is 25.1 Å². The van der Waals surface area contributed by atoms with Gasteiger partial charge in [-0.1, -0.05) is 12.1 Å². The van der Waals surface area contributed by atoms with Crippen molar-refractivity contribution in [1.82, 2.24) is 10.3 Å². The van der Waals surface area contributed by atoms with Crippen molar-refractivity contribution in [2.75, 3.05) is 6.54 Å². The van der Waals surface area contributed by atoms with Crippen LogP contribution in [-0.4, -0.2) is 22.5 Å². The van der Waals surface area contributed by atoms with E-state index in [0.29, 0.717) is 11.3 Å². The number of hydrogen-bond donors (Lipinski definition) is 3. The van der Waals surface area contributed by atoms with Gasteiger partial charge in [0.05, 0.1) is 17.6 Å². The number of nitrogens with one attached hydrogen (secondary N) is 2. The van der Waals surface area contributed by atoms with Crippen molar-refractivity contribution in [3.05, 3.63) is 58.7 Å². The molecule has 0 fully saturated rings. The second-order valence-electron chi connectivity index (χ2n) is 6.47. The zero-order valence-corrected chi connectivity index (χ0v) is 14.4. The number of aliphatic hydroxyl groups is 1. The molecule has 0 spiro atoms. The molecule has 0 radical (unpaired) electrons. The summed E-state index contributed by atoms with van der Waals surface area (Å²) in [6.07, 6.45) is 0.